The van der Waals surface area contributed by atoms with Crippen molar-refractivity contribution < 1.29 is 4.58 Å². The molecule has 2 N–H and O–H groups in total. The molecule has 432 valence electrons. The van der Waals surface area contributed by atoms with E-state index in [1.165, 1.54) is 0 Å². The fraction of sp³-hybridized carbons (Fsp3) is 0.0610. The highest BCUT2D eigenvalue weighted by molar-refractivity contribution is 6.22. The van der Waals surface area contributed by atoms with Gasteiger partial charge >= 0.3 is 11.8 Å². The Kier molecular flexibility index (Phi) is 13.2. The van der Waals surface area contributed by atoms with Gasteiger partial charge in [0.2, 0.25) is 5.96 Å². The Morgan fingerprint density at radius 3 is 1.96 bits per heavy atom. The summed E-state index contributed by atoms with van der Waals surface area (Å²) >= 11 is 0. The molecule has 1 unspecified atom stereocenters. The van der Waals surface area contributed by atoms with E-state index in [1.54, 1.807) is 0 Å². The quantitative estimate of drug-likeness (QED) is 0.0838. The number of allylic oxidation sites excluding steroid dienone is 10. The Morgan fingerprint density at radius 2 is 1.18 bits per heavy atom. The molecule has 6 heterocycles. The first-order valence-electron chi connectivity index (χ1n) is 31.3. The second-order valence-corrected chi connectivity index (χ2v) is 23.6. The van der Waals surface area contributed by atoms with E-state index in [2.05, 4.69) is 316 Å². The van der Waals surface area contributed by atoms with Crippen molar-refractivity contribution in [3.05, 3.63) is 326 Å². The summed E-state index contributed by atoms with van der Waals surface area (Å²) in [6.45, 7) is 0. The molecule has 91 heavy (non-hydrogen) atoms. The minimum absolute atomic E-state index is 0.116. The summed E-state index contributed by atoms with van der Waals surface area (Å²) in [7, 11) is 0. The Balaban J connectivity index is 0.842. The van der Waals surface area contributed by atoms with Crippen molar-refractivity contribution in [2.45, 2.75) is 31.6 Å². The van der Waals surface area contributed by atoms with E-state index in [0.29, 0.717) is 11.9 Å². The van der Waals surface area contributed by atoms with Gasteiger partial charge in [-0.05, 0) is 132 Å². The van der Waals surface area contributed by atoms with E-state index >= 15 is 0 Å². The van der Waals surface area contributed by atoms with E-state index in [0.717, 1.165) is 170 Å². The highest BCUT2D eigenvalue weighted by Crippen LogP contribution is 2.42. The zero-order valence-corrected chi connectivity index (χ0v) is 49.9. The van der Waals surface area contributed by atoms with Crippen LogP contribution in [0.3, 0.4) is 0 Å². The van der Waals surface area contributed by atoms with Crippen LogP contribution in [0.25, 0.3) is 111 Å². The van der Waals surface area contributed by atoms with Gasteiger partial charge in [-0.3, -0.25) is 14.1 Å². The first-order valence-corrected chi connectivity index (χ1v) is 31.3. The van der Waals surface area contributed by atoms with E-state index in [9.17, 15) is 0 Å². The molecule has 9 aromatic carbocycles. The predicted molar refractivity (Wildman–Crippen MR) is 375 cm³/mol. The monoisotopic (exact) mass is 1170 g/mol. The van der Waals surface area contributed by atoms with Gasteiger partial charge in [-0.25, -0.2) is 4.99 Å². The molecular formula is C82H60N9+. The number of benzene rings is 9. The lowest BCUT2D eigenvalue weighted by molar-refractivity contribution is -0.344. The van der Waals surface area contributed by atoms with Gasteiger partial charge in [0, 0.05) is 72.6 Å². The van der Waals surface area contributed by atoms with Gasteiger partial charge in [0.1, 0.15) is 11.4 Å². The van der Waals surface area contributed by atoms with Crippen molar-refractivity contribution in [3.63, 3.8) is 0 Å². The Morgan fingerprint density at radius 1 is 0.505 bits per heavy atom. The molecule has 3 aliphatic rings. The molecule has 0 amide bonds. The third-order valence-electron chi connectivity index (χ3n) is 18.2. The number of hydrogen-bond acceptors (Lipinski definition) is 4. The average Bonchev–Trinajstić information content (AvgIpc) is 1.65. The van der Waals surface area contributed by atoms with Crippen LogP contribution in [-0.4, -0.2) is 44.9 Å². The lowest BCUT2D eigenvalue weighted by Crippen LogP contribution is -2.26. The molecule has 2 aliphatic carbocycles. The lowest BCUT2D eigenvalue weighted by Gasteiger charge is -2.21. The Bertz CT molecular complexity index is 5520. The summed E-state index contributed by atoms with van der Waals surface area (Å²) in [5, 5.41) is 6.38. The largest absolute Gasteiger partial charge is 0.369 e. The van der Waals surface area contributed by atoms with Crippen LogP contribution in [0.2, 0.25) is 0 Å². The van der Waals surface area contributed by atoms with Crippen molar-refractivity contribution in [3.8, 4) is 33.9 Å². The molecule has 9 heteroatoms. The molecule has 1 aliphatic heterocycles. The topological polar surface area (TPSA) is 94.8 Å². The summed E-state index contributed by atoms with van der Waals surface area (Å²) in [4.78, 5) is 22.2. The molecule has 1 atom stereocenters. The predicted octanol–water partition coefficient (Wildman–Crippen LogP) is 19.2. The molecule has 5 aromatic heterocycles. The number of aliphatic imine (C=N–C) groups is 1. The SMILES string of the molecule is NC(=N/C(=C1/C=C\C=C/CCC1)c1cc(-c2ccccc2)cc(C2C=CC=CC2)n1)n1c2ccc(-c3ccc4c(c3)c3ccccc3n4-c3nc([N+]4=C(c5ccccc5)C=C4c4ccccc4)c4ccccc4n3)cc2c2ccc3c(ccn3-c3ccccc3)c21. The fourth-order valence-electron chi connectivity index (χ4n) is 13.8. The van der Waals surface area contributed by atoms with Gasteiger partial charge in [0.05, 0.1) is 49.9 Å². The fourth-order valence-corrected chi connectivity index (χ4v) is 13.8. The zero-order valence-electron chi connectivity index (χ0n) is 49.9. The van der Waals surface area contributed by atoms with Crippen LogP contribution in [0.4, 0.5) is 5.82 Å². The maximum atomic E-state index is 7.74. The van der Waals surface area contributed by atoms with Crippen LogP contribution in [0.5, 0.6) is 0 Å². The second-order valence-electron chi connectivity index (χ2n) is 23.6. The smallest absolute Gasteiger partial charge is 0.351 e. The average molecular weight is 1170 g/mol. The van der Waals surface area contributed by atoms with Gasteiger partial charge in [-0.2, -0.15) is 9.56 Å². The van der Waals surface area contributed by atoms with Crippen LogP contribution in [0, 0.1) is 0 Å². The number of fused-ring (bicyclic) bond motifs is 9. The minimum Gasteiger partial charge on any atom is -0.369 e. The maximum absolute atomic E-state index is 7.74. The molecule has 0 saturated carbocycles. The first-order chi connectivity index (χ1) is 45.1. The molecular weight excluding hydrogens is 1110 g/mol. The van der Waals surface area contributed by atoms with E-state index in [1.807, 2.05) is 0 Å². The van der Waals surface area contributed by atoms with Gasteiger partial charge in [-0.15, -0.1) is 0 Å². The molecule has 14 aromatic rings. The van der Waals surface area contributed by atoms with Crippen LogP contribution in [-0.2, 0) is 0 Å². The van der Waals surface area contributed by atoms with Crippen LogP contribution in [0.1, 0.15) is 54.1 Å². The van der Waals surface area contributed by atoms with E-state index in [4.69, 9.17) is 25.7 Å². The Hall–Kier alpha value is -11.8. The van der Waals surface area contributed by atoms with Crippen LogP contribution >= 0.6 is 0 Å². The van der Waals surface area contributed by atoms with Gasteiger partial charge < -0.3 is 10.3 Å². The summed E-state index contributed by atoms with van der Waals surface area (Å²) in [6, 6.07) is 84.0. The standard InChI is InChI=1S/C82H60N9/c83-81(86-78(58-33-9-2-1-3-10-34-58)71-52-61(54-25-11-4-12-26-54)51-70(84-71)55-27-13-5-14-28-55)91-75-45-42-60(50-68(75)64-43-46-72-66(79(64)91)47-48-88(72)62-35-19-8-20-36-62)59-41-44-74-67(49-59)63-37-22-24-40-73(63)90(74)82-85-69-39-23-21-38-65(69)80(87-82)89-76(56-29-15-6-16-30-56)53-77(89)57-31-17-7-18-32-57/h1-2,4-9,11-27,29-33,35-53,55H,3,10,28,34H2,(H2,83,86)/q+1/b2-1-,33-9-,78-58-. The molecule has 0 radical (unpaired) electrons. The number of aromatic nitrogens is 6. The molecule has 9 nitrogen and oxygen atoms in total. The molecule has 0 bridgehead atoms. The highest BCUT2D eigenvalue weighted by atomic mass is 15.2. The normalized spacial score (nSPS) is 16.4. The van der Waals surface area contributed by atoms with Crippen LogP contribution < -0.4 is 5.73 Å². The van der Waals surface area contributed by atoms with Crippen molar-refractivity contribution in [1.29, 1.82) is 0 Å². The molecule has 17 rings (SSSR count). The van der Waals surface area contributed by atoms with Gasteiger partial charge in [0.15, 0.2) is 0 Å². The van der Waals surface area contributed by atoms with Gasteiger partial charge in [-0.1, -0.05) is 206 Å². The number of pyridine rings is 1. The van der Waals surface area contributed by atoms with Crippen molar-refractivity contribution in [1.82, 2.24) is 28.7 Å². The lowest BCUT2D eigenvalue weighted by atomic mass is 9.93. The molecule has 0 spiro atoms. The summed E-state index contributed by atoms with van der Waals surface area (Å²) in [6.07, 6.45) is 25.5. The van der Waals surface area contributed by atoms with Gasteiger partial charge in [0.25, 0.3) is 0 Å². The number of nitrogens with zero attached hydrogens (tertiary/aromatic N) is 8. The summed E-state index contributed by atoms with van der Waals surface area (Å²) in [5.41, 5.74) is 27.1. The summed E-state index contributed by atoms with van der Waals surface area (Å²) in [5.74, 6) is 1.90. The summed E-state index contributed by atoms with van der Waals surface area (Å²) < 4.78 is 8.97. The maximum Gasteiger partial charge on any atom is 0.351 e. The minimum atomic E-state index is 0.116. The molecule has 0 fully saturated rings. The second kappa shape index (κ2) is 22.4. The third kappa shape index (κ3) is 9.36. The van der Waals surface area contributed by atoms with E-state index < -0.39 is 0 Å². The van der Waals surface area contributed by atoms with Crippen molar-refractivity contribution in [2.75, 3.05) is 0 Å². The van der Waals surface area contributed by atoms with Crippen molar-refractivity contribution in [2.24, 2.45) is 10.7 Å². The van der Waals surface area contributed by atoms with Crippen LogP contribution in [0.15, 0.2) is 308 Å². The molecule has 0 saturated heterocycles. The van der Waals surface area contributed by atoms with E-state index in [-0.39, 0.29) is 5.92 Å². The number of rotatable bonds is 10. The first kappa shape index (κ1) is 53.4. The number of nitrogens with two attached hydrogens (primary N) is 1. The number of hydrogen-bond donors (Lipinski definition) is 1. The zero-order chi connectivity index (χ0) is 60.4. The number of para-hydroxylation sites is 3. The third-order valence-corrected chi connectivity index (χ3v) is 18.2. The van der Waals surface area contributed by atoms with Crippen molar-refractivity contribution >= 4 is 94.3 Å². The highest BCUT2D eigenvalue weighted by Gasteiger charge is 2.35. The Labute approximate surface area is 526 Å².